The Labute approximate surface area is 158 Å². The van der Waals surface area contributed by atoms with E-state index in [1.165, 1.54) is 0 Å². The number of ether oxygens (including phenoxy) is 1. The summed E-state index contributed by atoms with van der Waals surface area (Å²) in [5.41, 5.74) is 0.799. The molecule has 1 heterocycles. The first kappa shape index (κ1) is 18.7. The van der Waals surface area contributed by atoms with Crippen LogP contribution >= 0.6 is 11.6 Å². The second kappa shape index (κ2) is 8.54. The molecule has 2 aromatic rings. The largest absolute Gasteiger partial charge is 0.480 e. The molecular weight excluding hydrogens is 352 g/mol. The van der Waals surface area contributed by atoms with Gasteiger partial charge in [-0.3, -0.25) is 9.69 Å². The van der Waals surface area contributed by atoms with Crippen LogP contribution in [0.25, 0.3) is 0 Å². The summed E-state index contributed by atoms with van der Waals surface area (Å²) in [6.07, 6.45) is 0.349. The third-order valence-corrected chi connectivity index (χ3v) is 4.91. The van der Waals surface area contributed by atoms with Crippen molar-refractivity contribution in [3.8, 4) is 11.5 Å². The predicted molar refractivity (Wildman–Crippen MR) is 102 cm³/mol. The number of hydrogen-bond acceptors (Lipinski definition) is 4. The molecule has 0 radical (unpaired) electrons. The second-order valence-electron chi connectivity index (χ2n) is 6.56. The molecule has 6 heteroatoms. The zero-order valence-electron chi connectivity index (χ0n) is 14.8. The van der Waals surface area contributed by atoms with Crippen molar-refractivity contribution in [3.05, 3.63) is 59.1 Å². The second-order valence-corrected chi connectivity index (χ2v) is 7.00. The standard InChI is InChI=1S/C20H23ClN2O3/c1-22-9-11-23(12-10-22)18(20(24)25)14-15-13-16(21)7-8-19(15)26-17-5-3-2-4-6-17/h2-8,13,18H,9-12,14H2,1H3,(H,24,25). The Hall–Kier alpha value is -2.08. The molecule has 1 N–H and O–H groups in total. The Bertz CT molecular complexity index is 746. The summed E-state index contributed by atoms with van der Waals surface area (Å²) in [7, 11) is 2.05. The van der Waals surface area contributed by atoms with E-state index in [2.05, 4.69) is 11.9 Å². The summed E-state index contributed by atoms with van der Waals surface area (Å²) in [4.78, 5) is 16.1. The van der Waals surface area contributed by atoms with Gasteiger partial charge in [-0.1, -0.05) is 29.8 Å². The molecule has 0 bridgehead atoms. The predicted octanol–water partition coefficient (Wildman–Crippen LogP) is 3.38. The van der Waals surface area contributed by atoms with Gasteiger partial charge in [0.15, 0.2) is 0 Å². The maximum Gasteiger partial charge on any atom is 0.321 e. The van der Waals surface area contributed by atoms with Crippen LogP contribution < -0.4 is 4.74 Å². The number of hydrogen-bond donors (Lipinski definition) is 1. The van der Waals surface area contributed by atoms with E-state index < -0.39 is 12.0 Å². The topological polar surface area (TPSA) is 53.0 Å². The molecule has 1 atom stereocenters. The Balaban J connectivity index is 1.82. The Morgan fingerprint density at radius 1 is 1.15 bits per heavy atom. The van der Waals surface area contributed by atoms with E-state index in [-0.39, 0.29) is 0 Å². The number of benzene rings is 2. The first-order valence-corrected chi connectivity index (χ1v) is 9.07. The smallest absolute Gasteiger partial charge is 0.321 e. The molecule has 138 valence electrons. The molecule has 0 saturated carbocycles. The monoisotopic (exact) mass is 374 g/mol. The van der Waals surface area contributed by atoms with E-state index in [1.54, 1.807) is 18.2 Å². The highest BCUT2D eigenvalue weighted by Gasteiger charge is 2.29. The summed E-state index contributed by atoms with van der Waals surface area (Å²) in [6.45, 7) is 3.21. The lowest BCUT2D eigenvalue weighted by atomic mass is 10.0. The fourth-order valence-corrected chi connectivity index (χ4v) is 3.33. The van der Waals surface area contributed by atoms with Crippen molar-refractivity contribution in [2.24, 2.45) is 0 Å². The Morgan fingerprint density at radius 2 is 1.85 bits per heavy atom. The lowest BCUT2D eigenvalue weighted by Crippen LogP contribution is -2.52. The van der Waals surface area contributed by atoms with Crippen LogP contribution in [0.15, 0.2) is 48.5 Å². The van der Waals surface area contributed by atoms with Gasteiger partial charge < -0.3 is 14.7 Å². The number of nitrogens with zero attached hydrogens (tertiary/aromatic N) is 2. The number of aliphatic carboxylic acids is 1. The quantitative estimate of drug-likeness (QED) is 0.840. The van der Waals surface area contributed by atoms with Gasteiger partial charge in [0.05, 0.1) is 0 Å². The molecular formula is C20H23ClN2O3. The van der Waals surface area contributed by atoms with Crippen LogP contribution in [0.5, 0.6) is 11.5 Å². The van der Waals surface area contributed by atoms with Crippen LogP contribution in [0.1, 0.15) is 5.56 Å². The highest BCUT2D eigenvalue weighted by Crippen LogP contribution is 2.29. The van der Waals surface area contributed by atoms with E-state index in [1.807, 2.05) is 35.2 Å². The highest BCUT2D eigenvalue weighted by molar-refractivity contribution is 6.30. The van der Waals surface area contributed by atoms with Crippen molar-refractivity contribution in [2.45, 2.75) is 12.5 Å². The minimum Gasteiger partial charge on any atom is -0.480 e. The van der Waals surface area contributed by atoms with E-state index >= 15 is 0 Å². The summed E-state index contributed by atoms with van der Waals surface area (Å²) >= 11 is 6.16. The lowest BCUT2D eigenvalue weighted by Gasteiger charge is -2.36. The number of carboxylic acid groups (broad SMARTS) is 1. The number of halogens is 1. The normalized spacial score (nSPS) is 17.0. The van der Waals surface area contributed by atoms with Crippen molar-refractivity contribution in [1.82, 2.24) is 9.80 Å². The van der Waals surface area contributed by atoms with Gasteiger partial charge in [-0.2, -0.15) is 0 Å². The number of rotatable bonds is 6. The molecule has 1 fully saturated rings. The molecule has 1 saturated heterocycles. The fourth-order valence-electron chi connectivity index (χ4n) is 3.14. The minimum absolute atomic E-state index is 0.349. The summed E-state index contributed by atoms with van der Waals surface area (Å²) in [6, 6.07) is 14.2. The first-order valence-electron chi connectivity index (χ1n) is 8.69. The number of likely N-dealkylation sites (N-methyl/N-ethyl adjacent to an activating group) is 1. The van der Waals surface area contributed by atoms with E-state index in [4.69, 9.17) is 16.3 Å². The van der Waals surface area contributed by atoms with Crippen LogP contribution in [-0.4, -0.2) is 60.1 Å². The van der Waals surface area contributed by atoms with Crippen molar-refractivity contribution in [1.29, 1.82) is 0 Å². The Kier molecular flexibility index (Phi) is 6.14. The van der Waals surface area contributed by atoms with Gasteiger partial charge in [-0.25, -0.2) is 0 Å². The Morgan fingerprint density at radius 3 is 2.50 bits per heavy atom. The number of para-hydroxylation sites is 1. The van der Waals surface area contributed by atoms with Crippen LogP contribution in [-0.2, 0) is 11.2 Å². The molecule has 1 aliphatic heterocycles. The van der Waals surface area contributed by atoms with Crippen LogP contribution in [0.4, 0.5) is 0 Å². The van der Waals surface area contributed by atoms with Gasteiger partial charge in [0.1, 0.15) is 17.5 Å². The molecule has 0 spiro atoms. The van der Waals surface area contributed by atoms with E-state index in [9.17, 15) is 9.90 Å². The molecule has 26 heavy (non-hydrogen) atoms. The molecule has 5 nitrogen and oxygen atoms in total. The molecule has 2 aromatic carbocycles. The maximum absolute atomic E-state index is 11.9. The number of piperazine rings is 1. The lowest BCUT2D eigenvalue weighted by molar-refractivity contribution is -0.144. The van der Waals surface area contributed by atoms with Crippen molar-refractivity contribution >= 4 is 17.6 Å². The zero-order chi connectivity index (χ0) is 18.5. The minimum atomic E-state index is -0.819. The summed E-state index contributed by atoms with van der Waals surface area (Å²) < 4.78 is 5.97. The summed E-state index contributed by atoms with van der Waals surface area (Å²) in [5.74, 6) is 0.531. The zero-order valence-corrected chi connectivity index (χ0v) is 15.5. The van der Waals surface area contributed by atoms with Crippen molar-refractivity contribution < 1.29 is 14.6 Å². The van der Waals surface area contributed by atoms with E-state index in [0.717, 1.165) is 31.7 Å². The average molecular weight is 375 g/mol. The van der Waals surface area contributed by atoms with Gasteiger partial charge in [0.25, 0.3) is 0 Å². The van der Waals surface area contributed by atoms with Crippen LogP contribution in [0.3, 0.4) is 0 Å². The highest BCUT2D eigenvalue weighted by atomic mass is 35.5. The number of carbonyl (C=O) groups is 1. The average Bonchev–Trinajstić information content (AvgIpc) is 2.63. The van der Waals surface area contributed by atoms with Crippen molar-refractivity contribution in [2.75, 3.05) is 33.2 Å². The van der Waals surface area contributed by atoms with Gasteiger partial charge in [0.2, 0.25) is 0 Å². The maximum atomic E-state index is 11.9. The SMILES string of the molecule is CN1CCN(C(Cc2cc(Cl)ccc2Oc2ccccc2)C(=O)O)CC1. The molecule has 1 aliphatic rings. The van der Waals surface area contributed by atoms with Gasteiger partial charge in [-0.05, 0) is 42.9 Å². The van der Waals surface area contributed by atoms with Gasteiger partial charge in [0, 0.05) is 37.6 Å². The third kappa shape index (κ3) is 4.75. The number of carboxylic acids is 1. The van der Waals surface area contributed by atoms with Crippen LogP contribution in [0.2, 0.25) is 5.02 Å². The first-order chi connectivity index (χ1) is 12.5. The molecule has 0 aromatic heterocycles. The van der Waals surface area contributed by atoms with E-state index in [0.29, 0.717) is 22.9 Å². The molecule has 1 unspecified atom stereocenters. The fraction of sp³-hybridized carbons (Fsp3) is 0.350. The van der Waals surface area contributed by atoms with Crippen LogP contribution in [0, 0.1) is 0 Å². The molecule has 0 aliphatic carbocycles. The third-order valence-electron chi connectivity index (χ3n) is 4.67. The molecule has 0 amide bonds. The van der Waals surface area contributed by atoms with Gasteiger partial charge in [-0.15, -0.1) is 0 Å². The molecule has 3 rings (SSSR count). The van der Waals surface area contributed by atoms with Gasteiger partial charge >= 0.3 is 5.97 Å². The summed E-state index contributed by atoms with van der Waals surface area (Å²) in [5, 5.41) is 10.3. The van der Waals surface area contributed by atoms with Crippen molar-refractivity contribution in [3.63, 3.8) is 0 Å².